The first kappa shape index (κ1) is 16.5. The van der Waals surface area contributed by atoms with Gasteiger partial charge >= 0.3 is 0 Å². The maximum Gasteiger partial charge on any atom is 0.159 e. The van der Waals surface area contributed by atoms with Crippen LogP contribution in [0.15, 0.2) is 66.3 Å². The monoisotopic (exact) mass is 342 g/mol. The van der Waals surface area contributed by atoms with Gasteiger partial charge in [-0.1, -0.05) is 54.6 Å². The van der Waals surface area contributed by atoms with Gasteiger partial charge in [-0.25, -0.2) is 4.98 Å². The number of fused-ring (bicyclic) bond motifs is 1. The van der Waals surface area contributed by atoms with E-state index in [2.05, 4.69) is 17.6 Å². The van der Waals surface area contributed by atoms with E-state index >= 15 is 0 Å². The molecule has 26 heavy (non-hydrogen) atoms. The minimum Gasteiger partial charge on any atom is -0.338 e. The average Bonchev–Trinajstić information content (AvgIpc) is 3.09. The quantitative estimate of drug-likeness (QED) is 0.634. The number of rotatable bonds is 3. The summed E-state index contributed by atoms with van der Waals surface area (Å²) in [5.74, 6) is 1.28. The van der Waals surface area contributed by atoms with Gasteiger partial charge in [-0.05, 0) is 43.4 Å². The van der Waals surface area contributed by atoms with Crippen molar-refractivity contribution in [1.29, 1.82) is 0 Å². The van der Waals surface area contributed by atoms with Crippen LogP contribution in [0, 0.1) is 5.92 Å². The minimum atomic E-state index is 0.212. The Labute approximate surface area is 153 Å². The standard InChI is InChI=1S/C23H22N2O/c1-14(2)17-12-19(15(3)21(26)13-17)18-10-7-11-20-22(18)25-23(24-20)16-8-5-4-6-9-16/h4-11,17H,1,12-13H2,2-3H3,(H,24,25). The van der Waals surface area contributed by atoms with Gasteiger partial charge in [0.15, 0.2) is 5.78 Å². The Morgan fingerprint density at radius 1 is 1.12 bits per heavy atom. The molecule has 0 aliphatic heterocycles. The molecule has 0 radical (unpaired) electrons. The highest BCUT2D eigenvalue weighted by Gasteiger charge is 2.27. The number of allylic oxidation sites excluding steroid dienone is 3. The zero-order valence-corrected chi connectivity index (χ0v) is 15.2. The van der Waals surface area contributed by atoms with Crippen LogP contribution in [-0.4, -0.2) is 15.8 Å². The second-order valence-corrected chi connectivity index (χ2v) is 7.13. The molecule has 0 saturated carbocycles. The minimum absolute atomic E-state index is 0.212. The molecule has 1 aromatic heterocycles. The Kier molecular flexibility index (Phi) is 4.08. The molecule has 0 bridgehead atoms. The molecule has 1 aliphatic rings. The highest BCUT2D eigenvalue weighted by atomic mass is 16.1. The number of Topliss-reactive ketones (excluding diaryl/α,β-unsaturated/α-hetero) is 1. The van der Waals surface area contributed by atoms with Crippen molar-refractivity contribution in [2.24, 2.45) is 5.92 Å². The molecule has 3 nitrogen and oxygen atoms in total. The van der Waals surface area contributed by atoms with Gasteiger partial charge in [0.1, 0.15) is 5.82 Å². The van der Waals surface area contributed by atoms with Crippen molar-refractivity contribution in [3.63, 3.8) is 0 Å². The zero-order valence-electron chi connectivity index (χ0n) is 15.2. The fourth-order valence-corrected chi connectivity index (χ4v) is 3.69. The first-order chi connectivity index (χ1) is 12.5. The molecule has 1 heterocycles. The van der Waals surface area contributed by atoms with Gasteiger partial charge in [-0.2, -0.15) is 0 Å². The molecular formula is C23H22N2O. The molecule has 1 N–H and O–H groups in total. The first-order valence-electron chi connectivity index (χ1n) is 8.97. The summed E-state index contributed by atoms with van der Waals surface area (Å²) in [7, 11) is 0. The Morgan fingerprint density at radius 2 is 1.88 bits per heavy atom. The van der Waals surface area contributed by atoms with Crippen LogP contribution in [0.5, 0.6) is 0 Å². The molecular weight excluding hydrogens is 320 g/mol. The number of carbonyl (C=O) groups excluding carboxylic acids is 1. The van der Waals surface area contributed by atoms with Crippen LogP contribution in [0.2, 0.25) is 0 Å². The van der Waals surface area contributed by atoms with Gasteiger partial charge in [-0.3, -0.25) is 4.79 Å². The van der Waals surface area contributed by atoms with Crippen molar-refractivity contribution in [1.82, 2.24) is 9.97 Å². The van der Waals surface area contributed by atoms with E-state index in [1.165, 1.54) is 0 Å². The van der Waals surface area contributed by atoms with Crippen LogP contribution < -0.4 is 0 Å². The Hall–Kier alpha value is -2.94. The van der Waals surface area contributed by atoms with Gasteiger partial charge in [0.25, 0.3) is 0 Å². The number of para-hydroxylation sites is 1. The number of H-pyrrole nitrogens is 1. The van der Waals surface area contributed by atoms with Crippen molar-refractivity contribution in [2.75, 3.05) is 0 Å². The molecule has 1 unspecified atom stereocenters. The number of carbonyl (C=O) groups is 1. The summed E-state index contributed by atoms with van der Waals surface area (Å²) in [5, 5.41) is 0. The molecule has 3 heteroatoms. The molecule has 2 aromatic carbocycles. The summed E-state index contributed by atoms with van der Waals surface area (Å²) in [6.45, 7) is 8.03. The fourth-order valence-electron chi connectivity index (χ4n) is 3.69. The average molecular weight is 342 g/mol. The maximum atomic E-state index is 12.5. The number of nitrogens with one attached hydrogen (secondary N) is 1. The number of hydrogen-bond donors (Lipinski definition) is 1. The highest BCUT2D eigenvalue weighted by molar-refractivity contribution is 6.06. The lowest BCUT2D eigenvalue weighted by Gasteiger charge is -2.25. The molecule has 1 aliphatic carbocycles. The summed E-state index contributed by atoms with van der Waals surface area (Å²) in [5.41, 5.74) is 7.06. The lowest BCUT2D eigenvalue weighted by molar-refractivity contribution is -0.116. The van der Waals surface area contributed by atoms with Gasteiger partial charge < -0.3 is 4.98 Å². The predicted octanol–water partition coefficient (Wildman–Crippen LogP) is 5.56. The number of ketones is 1. The molecule has 0 fully saturated rings. The number of aromatic amines is 1. The van der Waals surface area contributed by atoms with E-state index < -0.39 is 0 Å². The van der Waals surface area contributed by atoms with Crippen molar-refractivity contribution in [3.8, 4) is 11.4 Å². The Bertz CT molecular complexity index is 1040. The molecule has 0 spiro atoms. The third-order valence-corrected chi connectivity index (χ3v) is 5.34. The van der Waals surface area contributed by atoms with Crippen LogP contribution in [0.3, 0.4) is 0 Å². The lowest BCUT2D eigenvalue weighted by atomic mass is 9.78. The lowest BCUT2D eigenvalue weighted by Crippen LogP contribution is -2.18. The molecule has 130 valence electrons. The summed E-state index contributed by atoms with van der Waals surface area (Å²) in [6, 6.07) is 16.2. The van der Waals surface area contributed by atoms with E-state index in [1.54, 1.807) is 0 Å². The van der Waals surface area contributed by atoms with Gasteiger partial charge in [0, 0.05) is 17.5 Å². The zero-order chi connectivity index (χ0) is 18.3. The third-order valence-electron chi connectivity index (χ3n) is 5.34. The summed E-state index contributed by atoms with van der Waals surface area (Å²) in [6.07, 6.45) is 1.41. The van der Waals surface area contributed by atoms with Crippen molar-refractivity contribution in [3.05, 3.63) is 71.8 Å². The van der Waals surface area contributed by atoms with Crippen LogP contribution in [-0.2, 0) is 4.79 Å². The second-order valence-electron chi connectivity index (χ2n) is 7.13. The number of hydrogen-bond acceptors (Lipinski definition) is 2. The van der Waals surface area contributed by atoms with Gasteiger partial charge in [-0.15, -0.1) is 0 Å². The first-order valence-corrected chi connectivity index (χ1v) is 8.97. The van der Waals surface area contributed by atoms with Crippen LogP contribution in [0.4, 0.5) is 0 Å². The summed E-state index contributed by atoms with van der Waals surface area (Å²) < 4.78 is 0. The predicted molar refractivity (Wildman–Crippen MR) is 107 cm³/mol. The van der Waals surface area contributed by atoms with Crippen LogP contribution in [0.25, 0.3) is 28.0 Å². The van der Waals surface area contributed by atoms with Crippen molar-refractivity contribution in [2.45, 2.75) is 26.7 Å². The van der Waals surface area contributed by atoms with Crippen molar-refractivity contribution >= 4 is 22.4 Å². The van der Waals surface area contributed by atoms with Crippen LogP contribution >= 0.6 is 0 Å². The van der Waals surface area contributed by atoms with Crippen LogP contribution in [0.1, 0.15) is 32.3 Å². The normalized spacial score (nSPS) is 17.8. The van der Waals surface area contributed by atoms with E-state index in [9.17, 15) is 4.79 Å². The molecule has 0 amide bonds. The van der Waals surface area contributed by atoms with E-state index in [0.29, 0.717) is 6.42 Å². The van der Waals surface area contributed by atoms with E-state index in [-0.39, 0.29) is 11.7 Å². The topological polar surface area (TPSA) is 45.8 Å². The SMILES string of the molecule is C=C(C)C1CC(=O)C(C)=C(c2cccc3[nH]c(-c4ccccc4)nc23)C1. The molecule has 3 aromatic rings. The number of aromatic nitrogens is 2. The maximum absolute atomic E-state index is 12.5. The summed E-state index contributed by atoms with van der Waals surface area (Å²) in [4.78, 5) is 20.8. The number of imidazole rings is 1. The largest absolute Gasteiger partial charge is 0.338 e. The van der Waals surface area contributed by atoms with Gasteiger partial charge in [0.2, 0.25) is 0 Å². The summed E-state index contributed by atoms with van der Waals surface area (Å²) >= 11 is 0. The Morgan fingerprint density at radius 3 is 2.62 bits per heavy atom. The molecule has 0 saturated heterocycles. The Balaban J connectivity index is 1.86. The smallest absolute Gasteiger partial charge is 0.159 e. The second kappa shape index (κ2) is 6.41. The van der Waals surface area contributed by atoms with Gasteiger partial charge in [0.05, 0.1) is 11.0 Å². The van der Waals surface area contributed by atoms with Crippen molar-refractivity contribution < 1.29 is 4.79 Å². The number of nitrogens with zero attached hydrogens (tertiary/aromatic N) is 1. The highest BCUT2D eigenvalue weighted by Crippen LogP contribution is 2.39. The molecule has 1 atom stereocenters. The third kappa shape index (κ3) is 2.80. The molecule has 4 rings (SSSR count). The van der Waals surface area contributed by atoms with E-state index in [1.807, 2.05) is 56.3 Å². The fraction of sp³-hybridized carbons (Fsp3) is 0.217. The van der Waals surface area contributed by atoms with E-state index in [4.69, 9.17) is 4.98 Å². The van der Waals surface area contributed by atoms with E-state index in [0.717, 1.165) is 51.1 Å². The number of benzene rings is 2.